The summed E-state index contributed by atoms with van der Waals surface area (Å²) in [5.41, 5.74) is 1.77. The van der Waals surface area contributed by atoms with Gasteiger partial charge in [0.2, 0.25) is 11.0 Å². The van der Waals surface area contributed by atoms with Gasteiger partial charge in [0.1, 0.15) is 0 Å². The molecule has 0 bridgehead atoms. The molecule has 0 aliphatic carbocycles. The zero-order chi connectivity index (χ0) is 18.4. The van der Waals surface area contributed by atoms with Crippen LogP contribution in [0.1, 0.15) is 12.0 Å². The van der Waals surface area contributed by atoms with Gasteiger partial charge in [-0.05, 0) is 12.0 Å². The average molecular weight is 367 g/mol. The van der Waals surface area contributed by atoms with Crippen LogP contribution in [0.4, 0.5) is 5.13 Å². The number of hydrogen-bond acceptors (Lipinski definition) is 5. The van der Waals surface area contributed by atoms with Crippen LogP contribution < -0.4 is 5.32 Å². The maximum Gasteiger partial charge on any atom is 0.304 e. The number of amides is 1. The van der Waals surface area contributed by atoms with Crippen LogP contribution in [0.15, 0.2) is 60.7 Å². The molecule has 6 nitrogen and oxygen atoms in total. The summed E-state index contributed by atoms with van der Waals surface area (Å²) in [6.07, 6.45) is 0.106. The lowest BCUT2D eigenvalue weighted by Crippen LogP contribution is -2.27. The van der Waals surface area contributed by atoms with Crippen LogP contribution in [-0.2, 0) is 16.0 Å². The number of aliphatic carboxylic acids is 1. The number of hydrogen-bond donors (Lipinski definition) is 2. The van der Waals surface area contributed by atoms with Gasteiger partial charge < -0.3 is 10.4 Å². The van der Waals surface area contributed by atoms with E-state index >= 15 is 0 Å². The lowest BCUT2D eigenvalue weighted by Gasteiger charge is -2.13. The number of rotatable bonds is 7. The largest absolute Gasteiger partial charge is 0.481 e. The summed E-state index contributed by atoms with van der Waals surface area (Å²) in [4.78, 5) is 28.0. The number of carboxylic acid groups (broad SMARTS) is 1. The van der Waals surface area contributed by atoms with E-state index in [0.29, 0.717) is 17.4 Å². The molecule has 2 aromatic carbocycles. The van der Waals surface area contributed by atoms with E-state index in [4.69, 9.17) is 5.11 Å². The molecule has 2 N–H and O–H groups in total. The van der Waals surface area contributed by atoms with Gasteiger partial charge in [-0.25, -0.2) is 0 Å². The molecule has 0 saturated heterocycles. The smallest absolute Gasteiger partial charge is 0.304 e. The van der Waals surface area contributed by atoms with E-state index in [1.54, 1.807) is 0 Å². The van der Waals surface area contributed by atoms with Crippen molar-refractivity contribution in [3.05, 3.63) is 66.2 Å². The molecule has 26 heavy (non-hydrogen) atoms. The molecule has 1 amide bonds. The van der Waals surface area contributed by atoms with Crippen LogP contribution in [0.2, 0.25) is 0 Å². The van der Waals surface area contributed by atoms with Crippen molar-refractivity contribution in [3.63, 3.8) is 0 Å². The average Bonchev–Trinajstić information content (AvgIpc) is 3.11. The number of carbonyl (C=O) groups excluding carboxylic acids is 1. The van der Waals surface area contributed by atoms with Crippen molar-refractivity contribution in [2.24, 2.45) is 5.92 Å². The highest BCUT2D eigenvalue weighted by Gasteiger charge is 2.23. The molecular formula is C19H17N3O3S. The molecule has 1 aromatic heterocycles. The lowest BCUT2D eigenvalue weighted by atomic mass is 9.95. The summed E-state index contributed by atoms with van der Waals surface area (Å²) in [5, 5.41) is 12.2. The fourth-order valence-corrected chi connectivity index (χ4v) is 3.15. The number of aromatic nitrogens is 2. The highest BCUT2D eigenvalue weighted by atomic mass is 32.1. The molecule has 0 unspecified atom stereocenters. The first-order chi connectivity index (χ1) is 12.6. The van der Waals surface area contributed by atoms with Gasteiger partial charge in [-0.3, -0.25) is 9.59 Å². The molecule has 3 rings (SSSR count). The van der Waals surface area contributed by atoms with E-state index < -0.39 is 11.9 Å². The maximum atomic E-state index is 12.6. The molecule has 1 atom stereocenters. The minimum Gasteiger partial charge on any atom is -0.481 e. The summed E-state index contributed by atoms with van der Waals surface area (Å²) in [6, 6.07) is 18.8. The summed E-state index contributed by atoms with van der Waals surface area (Å²) >= 11 is 1.07. The molecule has 0 radical (unpaired) electrons. The third-order valence-corrected chi connectivity index (χ3v) is 4.44. The Balaban J connectivity index is 1.71. The Labute approximate surface area is 154 Å². The maximum absolute atomic E-state index is 12.6. The number of nitrogens with zero attached hydrogens (tertiary/aromatic N) is 2. The van der Waals surface area contributed by atoms with Crippen molar-refractivity contribution >= 4 is 28.5 Å². The SMILES string of the molecule is O=C(O)C[C@@H](Cc1ccccc1)C(=O)Nc1nc(-c2ccccc2)ns1. The summed E-state index contributed by atoms with van der Waals surface area (Å²) < 4.78 is 4.24. The van der Waals surface area contributed by atoms with Crippen LogP contribution in [-0.4, -0.2) is 26.3 Å². The molecule has 132 valence electrons. The monoisotopic (exact) mass is 367 g/mol. The normalized spacial score (nSPS) is 11.7. The Bertz CT molecular complexity index is 881. The van der Waals surface area contributed by atoms with Crippen LogP contribution in [0, 0.1) is 5.92 Å². The molecule has 3 aromatic rings. The second-order valence-electron chi connectivity index (χ2n) is 5.76. The van der Waals surface area contributed by atoms with E-state index in [-0.39, 0.29) is 12.3 Å². The first-order valence-corrected chi connectivity index (χ1v) is 8.85. The minimum absolute atomic E-state index is 0.245. The minimum atomic E-state index is -1.01. The summed E-state index contributed by atoms with van der Waals surface area (Å²) in [5.74, 6) is -1.53. The van der Waals surface area contributed by atoms with Gasteiger partial charge in [-0.15, -0.1) is 0 Å². The highest BCUT2D eigenvalue weighted by Crippen LogP contribution is 2.22. The van der Waals surface area contributed by atoms with E-state index in [2.05, 4.69) is 14.7 Å². The molecule has 0 saturated carbocycles. The molecule has 1 heterocycles. The first kappa shape index (κ1) is 17.8. The van der Waals surface area contributed by atoms with Gasteiger partial charge in [0.05, 0.1) is 12.3 Å². The van der Waals surface area contributed by atoms with Gasteiger partial charge in [-0.1, -0.05) is 60.7 Å². The number of carboxylic acids is 1. The van der Waals surface area contributed by atoms with Gasteiger partial charge in [0.15, 0.2) is 5.82 Å². The fourth-order valence-electron chi connectivity index (χ4n) is 2.55. The Kier molecular flexibility index (Phi) is 5.70. The topological polar surface area (TPSA) is 92.2 Å². The van der Waals surface area contributed by atoms with Crippen LogP contribution in [0.25, 0.3) is 11.4 Å². The summed E-state index contributed by atoms with van der Waals surface area (Å²) in [6.45, 7) is 0. The molecule has 7 heteroatoms. The third kappa shape index (κ3) is 4.73. The lowest BCUT2D eigenvalue weighted by molar-refractivity contribution is -0.140. The quantitative estimate of drug-likeness (QED) is 0.667. The van der Waals surface area contributed by atoms with Gasteiger partial charge in [-0.2, -0.15) is 9.36 Å². The Hall–Kier alpha value is -3.06. The van der Waals surface area contributed by atoms with Gasteiger partial charge in [0.25, 0.3) is 0 Å². The standard InChI is InChI=1S/C19H17N3O3S/c23-16(24)12-15(11-13-7-3-1-4-8-13)18(25)21-19-20-17(22-26-19)14-9-5-2-6-10-14/h1-10,15H,11-12H2,(H,23,24)(H,20,21,22,25)/t15-/m1/s1. The zero-order valence-corrected chi connectivity index (χ0v) is 14.6. The molecule has 0 fully saturated rings. The highest BCUT2D eigenvalue weighted by molar-refractivity contribution is 7.10. The fraction of sp³-hybridized carbons (Fsp3) is 0.158. The first-order valence-electron chi connectivity index (χ1n) is 8.07. The molecule has 0 spiro atoms. The zero-order valence-electron chi connectivity index (χ0n) is 13.8. The van der Waals surface area contributed by atoms with Crippen LogP contribution in [0.5, 0.6) is 0 Å². The molecule has 0 aliphatic heterocycles. The van der Waals surface area contributed by atoms with Crippen molar-refractivity contribution < 1.29 is 14.7 Å². The Morgan fingerprint density at radius 3 is 2.35 bits per heavy atom. The Morgan fingerprint density at radius 2 is 1.69 bits per heavy atom. The van der Waals surface area contributed by atoms with E-state index in [1.165, 1.54) is 0 Å². The molecular weight excluding hydrogens is 350 g/mol. The molecule has 0 aliphatic rings. The predicted molar refractivity (Wildman–Crippen MR) is 99.9 cm³/mol. The predicted octanol–water partition coefficient (Wildman–Crippen LogP) is 3.48. The third-order valence-electron chi connectivity index (χ3n) is 3.80. The second kappa shape index (κ2) is 8.35. The van der Waals surface area contributed by atoms with Crippen molar-refractivity contribution in [3.8, 4) is 11.4 Å². The van der Waals surface area contributed by atoms with Crippen molar-refractivity contribution in [1.82, 2.24) is 9.36 Å². The van der Waals surface area contributed by atoms with Gasteiger partial charge >= 0.3 is 5.97 Å². The van der Waals surface area contributed by atoms with Crippen LogP contribution in [0.3, 0.4) is 0 Å². The number of carbonyl (C=O) groups is 2. The Morgan fingerprint density at radius 1 is 1.04 bits per heavy atom. The number of nitrogens with one attached hydrogen (secondary N) is 1. The second-order valence-corrected chi connectivity index (χ2v) is 6.51. The number of anilines is 1. The van der Waals surface area contributed by atoms with E-state index in [1.807, 2.05) is 60.7 Å². The summed E-state index contributed by atoms with van der Waals surface area (Å²) in [7, 11) is 0. The van der Waals surface area contributed by atoms with Crippen molar-refractivity contribution in [1.29, 1.82) is 0 Å². The van der Waals surface area contributed by atoms with Crippen molar-refractivity contribution in [2.75, 3.05) is 5.32 Å². The van der Waals surface area contributed by atoms with Gasteiger partial charge in [0, 0.05) is 17.1 Å². The van der Waals surface area contributed by atoms with Crippen LogP contribution >= 0.6 is 11.5 Å². The van der Waals surface area contributed by atoms with Crippen molar-refractivity contribution in [2.45, 2.75) is 12.8 Å². The van der Waals surface area contributed by atoms with E-state index in [9.17, 15) is 9.59 Å². The van der Waals surface area contributed by atoms with E-state index in [0.717, 1.165) is 22.7 Å². The number of benzene rings is 2.